The zero-order valence-electron chi connectivity index (χ0n) is 9.78. The number of aryl methyl sites for hydroxylation is 1. The zero-order valence-corrected chi connectivity index (χ0v) is 10.6. The molecule has 0 fully saturated rings. The van der Waals surface area contributed by atoms with E-state index < -0.39 is 0 Å². The summed E-state index contributed by atoms with van der Waals surface area (Å²) in [7, 11) is 0. The van der Waals surface area contributed by atoms with Crippen molar-refractivity contribution in [1.29, 1.82) is 0 Å². The van der Waals surface area contributed by atoms with E-state index in [0.717, 1.165) is 31.0 Å². The van der Waals surface area contributed by atoms with E-state index in [1.165, 1.54) is 11.1 Å². The van der Waals surface area contributed by atoms with Gasteiger partial charge in [-0.3, -0.25) is 4.98 Å². The monoisotopic (exact) mass is 240 g/mol. The summed E-state index contributed by atoms with van der Waals surface area (Å²) in [5.74, 6) is 2.14. The Morgan fingerprint density at radius 3 is 3.00 bits per heavy atom. The third-order valence-corrected chi connectivity index (χ3v) is 3.20. The molecule has 0 unspecified atom stereocenters. The number of hydrogen-bond donors (Lipinski definition) is 2. The van der Waals surface area contributed by atoms with Crippen LogP contribution in [0.25, 0.3) is 0 Å². The molecule has 1 heterocycles. The van der Waals surface area contributed by atoms with Gasteiger partial charge in [0, 0.05) is 37.8 Å². The Hall–Kier alpha value is -0.580. The lowest BCUT2D eigenvalue weighted by atomic mass is 10.2. The van der Waals surface area contributed by atoms with Crippen LogP contribution in [0.5, 0.6) is 0 Å². The molecular formula is C12H20N2OS. The third-order valence-electron chi connectivity index (χ3n) is 2.13. The summed E-state index contributed by atoms with van der Waals surface area (Å²) in [6.45, 7) is 4.25. The molecule has 0 spiro atoms. The van der Waals surface area contributed by atoms with Crippen LogP contribution in [0, 0.1) is 6.92 Å². The van der Waals surface area contributed by atoms with Gasteiger partial charge in [0.2, 0.25) is 0 Å². The largest absolute Gasteiger partial charge is 0.396 e. The van der Waals surface area contributed by atoms with Gasteiger partial charge in [-0.1, -0.05) is 6.07 Å². The van der Waals surface area contributed by atoms with Crippen LogP contribution in [0.1, 0.15) is 17.5 Å². The summed E-state index contributed by atoms with van der Waals surface area (Å²) in [4.78, 5) is 4.15. The van der Waals surface area contributed by atoms with E-state index in [4.69, 9.17) is 5.11 Å². The molecule has 1 rings (SSSR count). The molecule has 0 saturated carbocycles. The molecule has 0 atom stereocenters. The van der Waals surface area contributed by atoms with Crippen LogP contribution in [-0.4, -0.2) is 34.7 Å². The van der Waals surface area contributed by atoms with E-state index in [1.807, 2.05) is 24.2 Å². The molecule has 0 radical (unpaired) electrons. The molecule has 3 nitrogen and oxygen atoms in total. The van der Waals surface area contributed by atoms with Crippen LogP contribution >= 0.6 is 11.8 Å². The van der Waals surface area contributed by atoms with Gasteiger partial charge >= 0.3 is 0 Å². The number of hydrogen-bond acceptors (Lipinski definition) is 4. The summed E-state index contributed by atoms with van der Waals surface area (Å²) in [6, 6.07) is 2.15. The fourth-order valence-corrected chi connectivity index (χ4v) is 2.19. The molecule has 90 valence electrons. The standard InChI is InChI=1S/C12H20N2OS/c1-11-7-12(10-14-8-11)9-13-3-6-16-5-2-4-15/h7-8,10,13,15H,2-6,9H2,1H3. The predicted molar refractivity (Wildman–Crippen MR) is 69.7 cm³/mol. The minimum absolute atomic E-state index is 0.301. The number of pyridine rings is 1. The van der Waals surface area contributed by atoms with Gasteiger partial charge in [-0.2, -0.15) is 11.8 Å². The Bertz CT molecular complexity index is 294. The van der Waals surface area contributed by atoms with E-state index >= 15 is 0 Å². The maximum Gasteiger partial charge on any atom is 0.0438 e. The van der Waals surface area contributed by atoms with Gasteiger partial charge in [-0.15, -0.1) is 0 Å². The van der Waals surface area contributed by atoms with E-state index in [1.54, 1.807) is 0 Å². The normalized spacial score (nSPS) is 10.6. The smallest absolute Gasteiger partial charge is 0.0438 e. The highest BCUT2D eigenvalue weighted by atomic mass is 32.2. The summed E-state index contributed by atoms with van der Waals surface area (Å²) in [6.07, 6.45) is 4.67. The van der Waals surface area contributed by atoms with Crippen molar-refractivity contribution in [2.24, 2.45) is 0 Å². The molecule has 0 aliphatic heterocycles. The summed E-state index contributed by atoms with van der Waals surface area (Å²) >= 11 is 1.88. The molecule has 0 aromatic carbocycles. The molecule has 2 N–H and O–H groups in total. The maximum absolute atomic E-state index is 8.61. The average Bonchev–Trinajstić information content (AvgIpc) is 2.28. The topological polar surface area (TPSA) is 45.2 Å². The Kier molecular flexibility index (Phi) is 7.21. The van der Waals surface area contributed by atoms with Gasteiger partial charge in [0.25, 0.3) is 0 Å². The number of aromatic nitrogens is 1. The van der Waals surface area contributed by atoms with Crippen LogP contribution in [-0.2, 0) is 6.54 Å². The molecule has 0 aliphatic carbocycles. The second-order valence-corrected chi connectivity index (χ2v) is 4.96. The van der Waals surface area contributed by atoms with Gasteiger partial charge in [-0.05, 0) is 30.2 Å². The predicted octanol–water partition coefficient (Wildman–Crippen LogP) is 1.60. The molecule has 1 aromatic heterocycles. The minimum Gasteiger partial charge on any atom is -0.396 e. The molecule has 1 aromatic rings. The van der Waals surface area contributed by atoms with Crippen molar-refractivity contribution in [3.05, 3.63) is 29.6 Å². The molecule has 0 aliphatic rings. The number of nitrogens with zero attached hydrogens (tertiary/aromatic N) is 1. The van der Waals surface area contributed by atoms with Crippen molar-refractivity contribution in [3.8, 4) is 0 Å². The summed E-state index contributed by atoms with van der Waals surface area (Å²) in [5, 5.41) is 12.0. The first-order chi connectivity index (χ1) is 7.83. The van der Waals surface area contributed by atoms with Crippen LogP contribution in [0.3, 0.4) is 0 Å². The minimum atomic E-state index is 0.301. The molecule has 0 amide bonds. The Morgan fingerprint density at radius 1 is 1.38 bits per heavy atom. The highest BCUT2D eigenvalue weighted by Crippen LogP contribution is 2.02. The van der Waals surface area contributed by atoms with Gasteiger partial charge in [0.05, 0.1) is 0 Å². The quantitative estimate of drug-likeness (QED) is 0.677. The Balaban J connectivity index is 2.03. The molecule has 0 saturated heterocycles. The lowest BCUT2D eigenvalue weighted by molar-refractivity contribution is 0.296. The van der Waals surface area contributed by atoms with Crippen LogP contribution in [0.2, 0.25) is 0 Å². The number of nitrogens with one attached hydrogen (secondary N) is 1. The first-order valence-electron chi connectivity index (χ1n) is 5.63. The highest BCUT2D eigenvalue weighted by Gasteiger charge is 1.94. The SMILES string of the molecule is Cc1cncc(CNCCSCCCO)c1. The first-order valence-corrected chi connectivity index (χ1v) is 6.78. The van der Waals surface area contributed by atoms with E-state index in [-0.39, 0.29) is 0 Å². The Morgan fingerprint density at radius 2 is 2.25 bits per heavy atom. The van der Waals surface area contributed by atoms with Gasteiger partial charge in [0.1, 0.15) is 0 Å². The molecule has 4 heteroatoms. The number of thioether (sulfide) groups is 1. The number of aliphatic hydroxyl groups excluding tert-OH is 1. The lowest BCUT2D eigenvalue weighted by Crippen LogP contribution is -2.16. The van der Waals surface area contributed by atoms with Crippen molar-refractivity contribution in [2.45, 2.75) is 19.9 Å². The second kappa shape index (κ2) is 8.56. The second-order valence-electron chi connectivity index (χ2n) is 3.74. The number of rotatable bonds is 8. The summed E-state index contributed by atoms with van der Waals surface area (Å²) < 4.78 is 0. The van der Waals surface area contributed by atoms with Crippen LogP contribution in [0.15, 0.2) is 18.5 Å². The van der Waals surface area contributed by atoms with Gasteiger partial charge in [-0.25, -0.2) is 0 Å². The lowest BCUT2D eigenvalue weighted by Gasteiger charge is -2.05. The fraction of sp³-hybridized carbons (Fsp3) is 0.583. The van der Waals surface area contributed by atoms with Gasteiger partial charge in [0.15, 0.2) is 0 Å². The van der Waals surface area contributed by atoms with Crippen molar-refractivity contribution in [3.63, 3.8) is 0 Å². The fourth-order valence-electron chi connectivity index (χ4n) is 1.36. The molecule has 16 heavy (non-hydrogen) atoms. The summed E-state index contributed by atoms with van der Waals surface area (Å²) in [5.41, 5.74) is 2.44. The van der Waals surface area contributed by atoms with Crippen molar-refractivity contribution in [2.75, 3.05) is 24.7 Å². The van der Waals surface area contributed by atoms with Crippen LogP contribution in [0.4, 0.5) is 0 Å². The third kappa shape index (κ3) is 6.10. The highest BCUT2D eigenvalue weighted by molar-refractivity contribution is 7.99. The van der Waals surface area contributed by atoms with E-state index in [2.05, 4.69) is 23.3 Å². The molecular weight excluding hydrogens is 220 g/mol. The van der Waals surface area contributed by atoms with Crippen LogP contribution < -0.4 is 5.32 Å². The number of aliphatic hydroxyl groups is 1. The van der Waals surface area contributed by atoms with E-state index in [0.29, 0.717) is 6.61 Å². The Labute approximate surface area is 102 Å². The maximum atomic E-state index is 8.61. The van der Waals surface area contributed by atoms with E-state index in [9.17, 15) is 0 Å². The zero-order chi connectivity index (χ0) is 11.6. The average molecular weight is 240 g/mol. The molecule has 0 bridgehead atoms. The first kappa shape index (κ1) is 13.5. The van der Waals surface area contributed by atoms with Crippen molar-refractivity contribution < 1.29 is 5.11 Å². The van der Waals surface area contributed by atoms with Gasteiger partial charge < -0.3 is 10.4 Å². The van der Waals surface area contributed by atoms with Crippen molar-refractivity contribution in [1.82, 2.24) is 10.3 Å². The van der Waals surface area contributed by atoms with Crippen molar-refractivity contribution >= 4 is 11.8 Å².